The third-order valence-electron chi connectivity index (χ3n) is 2.67. The molecule has 0 fully saturated rings. The van der Waals surface area contributed by atoms with Gasteiger partial charge in [-0.25, -0.2) is 0 Å². The quantitative estimate of drug-likeness (QED) is 0.561. The van der Waals surface area contributed by atoms with Gasteiger partial charge >= 0.3 is 0 Å². The summed E-state index contributed by atoms with van der Waals surface area (Å²) in [5.41, 5.74) is 3.67. The molecule has 1 aromatic rings. The summed E-state index contributed by atoms with van der Waals surface area (Å²) in [7, 11) is 0. The second kappa shape index (κ2) is 7.72. The molecule has 1 N–H and O–H groups in total. The lowest BCUT2D eigenvalue weighted by molar-refractivity contribution is 0.311. The molecular formula is C16H23NO. The Kier molecular flexibility index (Phi) is 6.23. The topological polar surface area (TPSA) is 21.3 Å². The molecule has 18 heavy (non-hydrogen) atoms. The Hall–Kier alpha value is -1.54. The molecule has 0 saturated heterocycles. The first kappa shape index (κ1) is 14.5. The Morgan fingerprint density at radius 2 is 2.00 bits per heavy atom. The summed E-state index contributed by atoms with van der Waals surface area (Å²) < 4.78 is 5.88. The summed E-state index contributed by atoms with van der Waals surface area (Å²) in [4.78, 5) is 0. The third-order valence-corrected chi connectivity index (χ3v) is 2.67. The highest BCUT2D eigenvalue weighted by molar-refractivity contribution is 5.44. The Labute approximate surface area is 110 Å². The molecule has 0 saturated carbocycles. The summed E-state index contributed by atoms with van der Waals surface area (Å²) in [5, 5.41) is 3.22. The fourth-order valence-corrected chi connectivity index (χ4v) is 1.99. The van der Waals surface area contributed by atoms with Crippen LogP contribution in [-0.2, 0) is 6.42 Å². The van der Waals surface area contributed by atoms with Gasteiger partial charge in [0, 0.05) is 13.1 Å². The molecule has 2 nitrogen and oxygen atoms in total. The van der Waals surface area contributed by atoms with E-state index in [0.29, 0.717) is 6.61 Å². The van der Waals surface area contributed by atoms with Crippen LogP contribution in [0.4, 0.5) is 0 Å². The highest BCUT2D eigenvalue weighted by atomic mass is 16.5. The molecular weight excluding hydrogens is 222 g/mol. The predicted molar refractivity (Wildman–Crippen MR) is 78.4 cm³/mol. The number of aryl methyl sites for hydroxylation is 2. The van der Waals surface area contributed by atoms with Gasteiger partial charge in [-0.05, 0) is 31.4 Å². The van der Waals surface area contributed by atoms with E-state index >= 15 is 0 Å². The first-order valence-electron chi connectivity index (χ1n) is 6.34. The monoisotopic (exact) mass is 245 g/mol. The second-order valence-corrected chi connectivity index (χ2v) is 4.40. The van der Waals surface area contributed by atoms with E-state index < -0.39 is 0 Å². The Balaban J connectivity index is 2.67. The number of hydrogen-bond donors (Lipinski definition) is 1. The molecule has 98 valence electrons. The maximum absolute atomic E-state index is 5.88. The highest BCUT2D eigenvalue weighted by Crippen LogP contribution is 2.26. The zero-order valence-corrected chi connectivity index (χ0v) is 11.5. The second-order valence-electron chi connectivity index (χ2n) is 4.40. The van der Waals surface area contributed by atoms with E-state index in [4.69, 9.17) is 4.74 Å². The Morgan fingerprint density at radius 1 is 1.22 bits per heavy atom. The van der Waals surface area contributed by atoms with Gasteiger partial charge in [-0.15, -0.1) is 13.2 Å². The minimum atomic E-state index is 0.669. The largest absolute Gasteiger partial charge is 0.492 e. The van der Waals surface area contributed by atoms with Crippen LogP contribution in [0.3, 0.4) is 0 Å². The summed E-state index contributed by atoms with van der Waals surface area (Å²) >= 11 is 0. The van der Waals surface area contributed by atoms with Crippen LogP contribution in [0.15, 0.2) is 37.4 Å². The molecule has 0 aliphatic rings. The van der Waals surface area contributed by atoms with Crippen molar-refractivity contribution in [2.45, 2.75) is 20.3 Å². The molecule has 0 radical (unpaired) electrons. The predicted octanol–water partition coefficient (Wildman–Crippen LogP) is 3.19. The van der Waals surface area contributed by atoms with E-state index in [-0.39, 0.29) is 0 Å². The lowest BCUT2D eigenvalue weighted by Crippen LogP contribution is -2.21. The average Bonchev–Trinajstić information content (AvgIpc) is 2.32. The molecule has 0 aliphatic heterocycles. The average molecular weight is 245 g/mol. The van der Waals surface area contributed by atoms with Gasteiger partial charge < -0.3 is 10.1 Å². The summed E-state index contributed by atoms with van der Waals surface area (Å²) in [6.07, 6.45) is 4.61. The molecule has 0 heterocycles. The fraction of sp³-hybridized carbons (Fsp3) is 0.375. The van der Waals surface area contributed by atoms with Crippen molar-refractivity contribution in [2.75, 3.05) is 19.7 Å². The number of benzene rings is 1. The van der Waals surface area contributed by atoms with Crippen LogP contribution < -0.4 is 10.1 Å². The zero-order chi connectivity index (χ0) is 13.4. The standard InChI is InChI=1S/C16H23NO/c1-5-7-15-12-13(3)11-14(4)16(15)18-10-9-17-8-6-2/h5-6,11-12,17H,1-2,7-10H2,3-4H3. The van der Waals surface area contributed by atoms with Crippen molar-refractivity contribution in [3.63, 3.8) is 0 Å². The molecule has 1 aromatic carbocycles. The van der Waals surface area contributed by atoms with Gasteiger partial charge in [-0.1, -0.05) is 29.8 Å². The van der Waals surface area contributed by atoms with Crippen LogP contribution >= 0.6 is 0 Å². The van der Waals surface area contributed by atoms with E-state index in [2.05, 4.69) is 44.5 Å². The molecule has 0 aliphatic carbocycles. The van der Waals surface area contributed by atoms with E-state index in [1.165, 1.54) is 16.7 Å². The van der Waals surface area contributed by atoms with E-state index in [1.54, 1.807) is 0 Å². The van der Waals surface area contributed by atoms with Gasteiger partial charge in [0.2, 0.25) is 0 Å². The number of hydrogen-bond acceptors (Lipinski definition) is 2. The van der Waals surface area contributed by atoms with Gasteiger partial charge in [0.1, 0.15) is 12.4 Å². The SMILES string of the molecule is C=CCNCCOc1c(C)cc(C)cc1CC=C. The first-order chi connectivity index (χ1) is 8.69. The van der Waals surface area contributed by atoms with Crippen molar-refractivity contribution in [1.82, 2.24) is 5.32 Å². The smallest absolute Gasteiger partial charge is 0.125 e. The van der Waals surface area contributed by atoms with Crippen molar-refractivity contribution in [2.24, 2.45) is 0 Å². The zero-order valence-electron chi connectivity index (χ0n) is 11.5. The summed E-state index contributed by atoms with van der Waals surface area (Å²) in [6, 6.07) is 4.32. The van der Waals surface area contributed by atoms with Crippen LogP contribution in [0.2, 0.25) is 0 Å². The fourth-order valence-electron chi connectivity index (χ4n) is 1.99. The molecule has 0 amide bonds. The van der Waals surface area contributed by atoms with E-state index in [0.717, 1.165) is 25.3 Å². The van der Waals surface area contributed by atoms with Gasteiger partial charge in [-0.3, -0.25) is 0 Å². The minimum Gasteiger partial charge on any atom is -0.492 e. The highest BCUT2D eigenvalue weighted by Gasteiger charge is 2.07. The van der Waals surface area contributed by atoms with Crippen molar-refractivity contribution in [3.05, 3.63) is 54.1 Å². The number of rotatable bonds is 8. The Bertz CT molecular complexity index is 410. The molecule has 0 atom stereocenters. The van der Waals surface area contributed by atoms with Gasteiger partial charge in [0.15, 0.2) is 0 Å². The van der Waals surface area contributed by atoms with Gasteiger partial charge in [-0.2, -0.15) is 0 Å². The number of allylic oxidation sites excluding steroid dienone is 1. The number of ether oxygens (including phenoxy) is 1. The van der Waals surface area contributed by atoms with Gasteiger partial charge in [0.25, 0.3) is 0 Å². The molecule has 0 aromatic heterocycles. The van der Waals surface area contributed by atoms with Crippen LogP contribution in [0, 0.1) is 13.8 Å². The molecule has 0 unspecified atom stereocenters. The van der Waals surface area contributed by atoms with Gasteiger partial charge in [0.05, 0.1) is 0 Å². The van der Waals surface area contributed by atoms with E-state index in [1.807, 2.05) is 12.2 Å². The van der Waals surface area contributed by atoms with Crippen LogP contribution in [0.1, 0.15) is 16.7 Å². The Morgan fingerprint density at radius 3 is 2.67 bits per heavy atom. The minimum absolute atomic E-state index is 0.669. The number of nitrogens with one attached hydrogen (secondary N) is 1. The van der Waals surface area contributed by atoms with Crippen LogP contribution in [0.5, 0.6) is 5.75 Å². The maximum Gasteiger partial charge on any atom is 0.125 e. The van der Waals surface area contributed by atoms with Crippen molar-refractivity contribution < 1.29 is 4.74 Å². The first-order valence-corrected chi connectivity index (χ1v) is 6.34. The molecule has 2 heteroatoms. The molecule has 1 rings (SSSR count). The van der Waals surface area contributed by atoms with Crippen LogP contribution in [0.25, 0.3) is 0 Å². The maximum atomic E-state index is 5.88. The van der Waals surface area contributed by atoms with Crippen molar-refractivity contribution in [1.29, 1.82) is 0 Å². The summed E-state index contributed by atoms with van der Waals surface area (Å²) in [6.45, 7) is 14.0. The van der Waals surface area contributed by atoms with Crippen molar-refractivity contribution >= 4 is 0 Å². The molecule has 0 bridgehead atoms. The lowest BCUT2D eigenvalue weighted by Gasteiger charge is -2.14. The normalized spacial score (nSPS) is 10.1. The van der Waals surface area contributed by atoms with E-state index in [9.17, 15) is 0 Å². The van der Waals surface area contributed by atoms with Crippen molar-refractivity contribution in [3.8, 4) is 5.75 Å². The molecule has 0 spiro atoms. The van der Waals surface area contributed by atoms with Crippen LogP contribution in [-0.4, -0.2) is 19.7 Å². The lowest BCUT2D eigenvalue weighted by atomic mass is 10.0. The third kappa shape index (κ3) is 4.38. The summed E-state index contributed by atoms with van der Waals surface area (Å²) in [5.74, 6) is 1.00.